The molecule has 2 heterocycles. The van der Waals surface area contributed by atoms with Crippen molar-refractivity contribution in [1.29, 1.82) is 0 Å². The van der Waals surface area contributed by atoms with Crippen LogP contribution < -0.4 is 5.32 Å². The molecule has 0 atom stereocenters. The highest BCUT2D eigenvalue weighted by atomic mass is 127. The van der Waals surface area contributed by atoms with Gasteiger partial charge in [-0.05, 0) is 65.4 Å². The zero-order chi connectivity index (χ0) is 13.2. The largest absolute Gasteiger partial charge is 0.381 e. The second-order valence-electron chi connectivity index (χ2n) is 4.51. The van der Waals surface area contributed by atoms with Gasteiger partial charge < -0.3 is 5.32 Å². The molecule has 0 aliphatic carbocycles. The predicted molar refractivity (Wildman–Crippen MR) is 86.4 cm³/mol. The number of aromatic nitrogens is 2. The molecule has 3 nitrogen and oxygen atoms in total. The van der Waals surface area contributed by atoms with Crippen LogP contribution in [-0.2, 0) is 6.54 Å². The van der Waals surface area contributed by atoms with E-state index < -0.39 is 0 Å². The van der Waals surface area contributed by atoms with Gasteiger partial charge >= 0.3 is 0 Å². The monoisotopic (exact) mass is 363 g/mol. The molecule has 3 rings (SSSR count). The van der Waals surface area contributed by atoms with Gasteiger partial charge in [-0.1, -0.05) is 6.07 Å². The number of nitrogens with one attached hydrogen (secondary N) is 1. The molecule has 2 aromatic heterocycles. The molecular weight excluding hydrogens is 349 g/mol. The summed E-state index contributed by atoms with van der Waals surface area (Å²) in [5.41, 5.74) is 4.80. The lowest BCUT2D eigenvalue weighted by molar-refractivity contribution is 0.961. The van der Waals surface area contributed by atoms with E-state index in [0.717, 1.165) is 12.1 Å². The molecule has 0 amide bonds. The Bertz CT molecular complexity index is 718. The molecule has 19 heavy (non-hydrogen) atoms. The van der Waals surface area contributed by atoms with Gasteiger partial charge in [-0.2, -0.15) is 5.10 Å². The normalized spacial score (nSPS) is 10.8. The zero-order valence-electron chi connectivity index (χ0n) is 10.6. The molecule has 0 unspecified atom stereocenters. The summed E-state index contributed by atoms with van der Waals surface area (Å²) in [6, 6.07) is 12.5. The van der Waals surface area contributed by atoms with Gasteiger partial charge in [-0.15, -0.1) is 0 Å². The fourth-order valence-corrected chi connectivity index (χ4v) is 2.79. The first-order valence-corrected chi connectivity index (χ1v) is 7.23. The highest BCUT2D eigenvalue weighted by Gasteiger charge is 2.04. The molecule has 0 aliphatic rings. The molecule has 4 heteroatoms. The van der Waals surface area contributed by atoms with Crippen molar-refractivity contribution < 1.29 is 0 Å². The van der Waals surface area contributed by atoms with E-state index in [4.69, 9.17) is 0 Å². The summed E-state index contributed by atoms with van der Waals surface area (Å²) in [6.45, 7) is 2.91. The van der Waals surface area contributed by atoms with Gasteiger partial charge in [0, 0.05) is 27.6 Å². The fraction of sp³-hybridized carbons (Fsp3) is 0.133. The lowest BCUT2D eigenvalue weighted by atomic mass is 10.2. The topological polar surface area (TPSA) is 29.3 Å². The predicted octanol–water partition coefficient (Wildman–Crippen LogP) is 3.86. The van der Waals surface area contributed by atoms with Gasteiger partial charge in [0.1, 0.15) is 0 Å². The van der Waals surface area contributed by atoms with E-state index in [9.17, 15) is 0 Å². The minimum Gasteiger partial charge on any atom is -0.381 e. The van der Waals surface area contributed by atoms with Gasteiger partial charge in [0.25, 0.3) is 0 Å². The van der Waals surface area contributed by atoms with Crippen LogP contribution in [0.25, 0.3) is 5.52 Å². The number of anilines is 1. The van der Waals surface area contributed by atoms with E-state index in [2.05, 4.69) is 64.2 Å². The third kappa shape index (κ3) is 2.58. The number of halogens is 1. The van der Waals surface area contributed by atoms with Crippen LogP contribution in [0.3, 0.4) is 0 Å². The molecule has 0 aliphatic heterocycles. The van der Waals surface area contributed by atoms with Gasteiger partial charge in [0.05, 0.1) is 11.7 Å². The number of nitrogens with zero attached hydrogens (tertiary/aromatic N) is 2. The highest BCUT2D eigenvalue weighted by Crippen LogP contribution is 2.19. The minimum absolute atomic E-state index is 0.787. The van der Waals surface area contributed by atoms with Crippen molar-refractivity contribution in [2.24, 2.45) is 0 Å². The van der Waals surface area contributed by atoms with Crippen LogP contribution in [0.4, 0.5) is 5.69 Å². The summed E-state index contributed by atoms with van der Waals surface area (Å²) >= 11 is 2.33. The van der Waals surface area contributed by atoms with E-state index in [1.807, 2.05) is 29.0 Å². The van der Waals surface area contributed by atoms with Gasteiger partial charge in [0.15, 0.2) is 0 Å². The number of hydrogen-bond acceptors (Lipinski definition) is 2. The quantitative estimate of drug-likeness (QED) is 0.716. The van der Waals surface area contributed by atoms with Crippen LogP contribution in [0.2, 0.25) is 0 Å². The minimum atomic E-state index is 0.787. The van der Waals surface area contributed by atoms with E-state index >= 15 is 0 Å². The van der Waals surface area contributed by atoms with Crippen LogP contribution in [-0.4, -0.2) is 9.61 Å². The maximum Gasteiger partial charge on any atom is 0.0711 e. The van der Waals surface area contributed by atoms with Crippen molar-refractivity contribution in [3.05, 3.63) is 63.5 Å². The van der Waals surface area contributed by atoms with E-state index in [1.165, 1.54) is 20.4 Å². The number of fused-ring (bicyclic) bond motifs is 1. The Hall–Kier alpha value is -1.56. The number of hydrogen-bond donors (Lipinski definition) is 1. The number of pyridine rings is 1. The molecule has 0 bridgehead atoms. The van der Waals surface area contributed by atoms with Crippen LogP contribution in [0.15, 0.2) is 48.8 Å². The first kappa shape index (κ1) is 12.5. The van der Waals surface area contributed by atoms with Gasteiger partial charge in [0.2, 0.25) is 0 Å². The van der Waals surface area contributed by atoms with Crippen LogP contribution in [0.1, 0.15) is 11.1 Å². The third-order valence-electron chi connectivity index (χ3n) is 3.16. The molecule has 0 spiro atoms. The SMILES string of the molecule is Cc1cc(I)ccc1NCc1cnn2ccccc12. The molecule has 1 N–H and O–H groups in total. The Morgan fingerprint density at radius 3 is 3.00 bits per heavy atom. The number of benzene rings is 1. The second kappa shape index (κ2) is 5.21. The van der Waals surface area contributed by atoms with Crippen LogP contribution >= 0.6 is 22.6 Å². The van der Waals surface area contributed by atoms with E-state index in [0.29, 0.717) is 0 Å². The summed E-state index contributed by atoms with van der Waals surface area (Å²) in [5.74, 6) is 0. The van der Waals surface area contributed by atoms with E-state index in [-0.39, 0.29) is 0 Å². The van der Waals surface area contributed by atoms with Crippen molar-refractivity contribution in [3.8, 4) is 0 Å². The van der Waals surface area contributed by atoms with Crippen LogP contribution in [0, 0.1) is 10.5 Å². The van der Waals surface area contributed by atoms with Crippen molar-refractivity contribution in [2.45, 2.75) is 13.5 Å². The smallest absolute Gasteiger partial charge is 0.0711 e. The lowest BCUT2D eigenvalue weighted by Gasteiger charge is -2.09. The van der Waals surface area contributed by atoms with Crippen molar-refractivity contribution in [1.82, 2.24) is 9.61 Å². The van der Waals surface area contributed by atoms with Crippen molar-refractivity contribution in [3.63, 3.8) is 0 Å². The molecule has 0 radical (unpaired) electrons. The Kier molecular flexibility index (Phi) is 3.42. The standard InChI is InChI=1S/C15H14IN3/c1-11-8-13(16)5-6-14(11)17-9-12-10-18-19-7-3-2-4-15(12)19/h2-8,10,17H,9H2,1H3. The lowest BCUT2D eigenvalue weighted by Crippen LogP contribution is -2.00. The Morgan fingerprint density at radius 2 is 2.16 bits per heavy atom. The molecule has 3 aromatic rings. The first-order valence-electron chi connectivity index (χ1n) is 6.15. The Morgan fingerprint density at radius 1 is 1.26 bits per heavy atom. The average Bonchev–Trinajstić information content (AvgIpc) is 2.81. The molecule has 96 valence electrons. The molecule has 0 fully saturated rings. The Labute approximate surface area is 125 Å². The van der Waals surface area contributed by atoms with Gasteiger partial charge in [-0.25, -0.2) is 4.52 Å². The Balaban J connectivity index is 1.82. The highest BCUT2D eigenvalue weighted by molar-refractivity contribution is 14.1. The fourth-order valence-electron chi connectivity index (χ4n) is 2.14. The maximum atomic E-state index is 4.34. The van der Waals surface area contributed by atoms with E-state index in [1.54, 1.807) is 0 Å². The van der Waals surface area contributed by atoms with Gasteiger partial charge in [-0.3, -0.25) is 0 Å². The maximum absolute atomic E-state index is 4.34. The van der Waals surface area contributed by atoms with Crippen molar-refractivity contribution >= 4 is 33.8 Å². The second-order valence-corrected chi connectivity index (χ2v) is 5.76. The molecular formula is C15H14IN3. The molecule has 1 aromatic carbocycles. The third-order valence-corrected chi connectivity index (χ3v) is 3.84. The van der Waals surface area contributed by atoms with Crippen LogP contribution in [0.5, 0.6) is 0 Å². The summed E-state index contributed by atoms with van der Waals surface area (Å²) in [7, 11) is 0. The summed E-state index contributed by atoms with van der Waals surface area (Å²) in [5, 5.41) is 7.82. The number of rotatable bonds is 3. The zero-order valence-corrected chi connectivity index (χ0v) is 12.8. The summed E-state index contributed by atoms with van der Waals surface area (Å²) in [6.07, 6.45) is 3.89. The first-order chi connectivity index (χ1) is 9.24. The summed E-state index contributed by atoms with van der Waals surface area (Å²) in [4.78, 5) is 0. The number of aryl methyl sites for hydroxylation is 1. The molecule has 0 saturated carbocycles. The average molecular weight is 363 g/mol. The summed E-state index contributed by atoms with van der Waals surface area (Å²) < 4.78 is 3.16. The van der Waals surface area contributed by atoms with Crippen molar-refractivity contribution in [2.75, 3.05) is 5.32 Å². The molecule has 0 saturated heterocycles.